The predicted molar refractivity (Wildman–Crippen MR) is 323 cm³/mol. The molecule has 3 aromatic heterocycles. The Balaban J connectivity index is 0.844. The molecule has 2 aliphatic rings. The van der Waals surface area contributed by atoms with Crippen LogP contribution in [0, 0.1) is 0 Å². The van der Waals surface area contributed by atoms with Gasteiger partial charge in [0.05, 0.1) is 68.8 Å². The molecule has 0 amide bonds. The average molecular weight is 995 g/mol. The topological polar surface area (TPSA) is 77.3 Å². The van der Waals surface area contributed by atoms with Gasteiger partial charge in [0.1, 0.15) is 0 Å². The Morgan fingerprint density at radius 2 is 0.564 bits per heavy atom. The molecule has 0 aliphatic heterocycles. The highest BCUT2D eigenvalue weighted by Gasteiger charge is 2.23. The Kier molecular flexibility index (Phi) is 10.1. The third-order valence-electron chi connectivity index (χ3n) is 16.3. The molecule has 3 heterocycles. The van der Waals surface area contributed by atoms with Crippen molar-refractivity contribution < 1.29 is 0 Å². The van der Waals surface area contributed by atoms with Crippen molar-refractivity contribution in [3.8, 4) is 67.2 Å². The number of hydrogen-bond donors (Lipinski definition) is 0. The lowest BCUT2D eigenvalue weighted by molar-refractivity contribution is 0.908. The molecule has 0 spiro atoms. The maximum Gasteiger partial charge on any atom is 0.0979 e. The molecule has 0 atom stereocenters. The van der Waals surface area contributed by atoms with Gasteiger partial charge in [-0.1, -0.05) is 176 Å². The van der Waals surface area contributed by atoms with Crippen molar-refractivity contribution in [1.82, 2.24) is 29.9 Å². The van der Waals surface area contributed by atoms with Crippen LogP contribution in [0.3, 0.4) is 0 Å². The van der Waals surface area contributed by atoms with Crippen LogP contribution in [0.4, 0.5) is 0 Å². The van der Waals surface area contributed by atoms with Gasteiger partial charge in [0.15, 0.2) is 0 Å². The summed E-state index contributed by atoms with van der Waals surface area (Å²) in [6.07, 6.45) is 19.1. The van der Waals surface area contributed by atoms with Crippen LogP contribution < -0.4 is 0 Å². The lowest BCUT2D eigenvalue weighted by Crippen LogP contribution is -2.08. The molecule has 78 heavy (non-hydrogen) atoms. The van der Waals surface area contributed by atoms with E-state index in [-0.39, 0.29) is 0 Å². The number of rotatable bonds is 6. The van der Waals surface area contributed by atoms with Crippen LogP contribution in [0.2, 0.25) is 0 Å². The second-order valence-corrected chi connectivity index (χ2v) is 20.7. The van der Waals surface area contributed by atoms with Crippen LogP contribution >= 0.6 is 0 Å². The third kappa shape index (κ3) is 7.17. The fourth-order valence-electron chi connectivity index (χ4n) is 12.5. The summed E-state index contributed by atoms with van der Waals surface area (Å²) in [7, 11) is 0. The maximum atomic E-state index is 5.44. The second kappa shape index (κ2) is 17.8. The summed E-state index contributed by atoms with van der Waals surface area (Å²) in [6.45, 7) is 0. The summed E-state index contributed by atoms with van der Waals surface area (Å²) in [5.41, 5.74) is 22.9. The van der Waals surface area contributed by atoms with Gasteiger partial charge in [0.25, 0.3) is 0 Å². The number of fused-ring (bicyclic) bond motifs is 18. The fraction of sp³-hybridized carbons (Fsp3) is 0.0556. The van der Waals surface area contributed by atoms with E-state index >= 15 is 0 Å². The number of benzene rings is 11. The highest BCUT2D eigenvalue weighted by Crippen LogP contribution is 2.41. The molecule has 0 saturated heterocycles. The van der Waals surface area contributed by atoms with E-state index in [4.69, 9.17) is 29.9 Å². The second-order valence-electron chi connectivity index (χ2n) is 20.7. The molecular weight excluding hydrogens is 949 g/mol. The summed E-state index contributed by atoms with van der Waals surface area (Å²) >= 11 is 0. The average Bonchev–Trinajstić information content (AvgIpc) is 3.72. The molecule has 364 valence electrons. The zero-order valence-corrected chi connectivity index (χ0v) is 42.5. The summed E-state index contributed by atoms with van der Waals surface area (Å²) in [5, 5.41) is 9.10. The molecule has 16 rings (SSSR count). The van der Waals surface area contributed by atoms with Crippen LogP contribution in [0.15, 0.2) is 219 Å². The first-order valence-electron chi connectivity index (χ1n) is 26.9. The monoisotopic (exact) mass is 994 g/mol. The molecule has 0 fully saturated rings. The first-order valence-corrected chi connectivity index (χ1v) is 26.9. The van der Waals surface area contributed by atoms with Crippen LogP contribution in [0.25, 0.3) is 155 Å². The molecule has 0 N–H and O–H groups in total. The zero-order valence-electron chi connectivity index (χ0n) is 42.5. The minimum atomic E-state index is 0.823. The first-order chi connectivity index (χ1) is 38.6. The van der Waals surface area contributed by atoms with Gasteiger partial charge < -0.3 is 0 Å². The minimum absolute atomic E-state index is 0.823. The van der Waals surface area contributed by atoms with Gasteiger partial charge in [0, 0.05) is 49.4 Å². The molecule has 6 nitrogen and oxygen atoms in total. The standard InChI is InChI=1S/C72H46N6/c1-7-28-58-52(22-1)55-25-4-10-31-61(55)70-67(58)73-40-64(76-70)46-19-13-16-43(34-46)49-37-50(44-17-14-20-47(35-44)65-41-74-68-59-29-8-2-23-53(59)56-26-5-11-32-62(56)71(68)77-65)39-51(38-49)45-18-15-21-48(36-45)66-42-75-69-60-30-9-3-24-54(60)57-27-6-12-33-63(57)72(69)78-66/h1-2,4-5,7-23,25-26,28-42H,3,6,24,27H2. The SMILES string of the molecule is C1=Cc2c(c3c(c4nc(-c5cccc(-c6cc(-c7cccc(-c8cnc9c%10ccccc%10c%10ccccc%10c9n8)c7)cc(-c7cccc(-c8cnc9c%10ccccc%10c%10ccccc%10c9n8)c7)c6)c5)cnc24)C=CCC3)CC1. The molecule has 2 aliphatic carbocycles. The minimum Gasteiger partial charge on any atom is -0.252 e. The van der Waals surface area contributed by atoms with E-state index in [1.165, 1.54) is 43.8 Å². The van der Waals surface area contributed by atoms with Gasteiger partial charge in [-0.05, 0) is 128 Å². The number of aromatic nitrogens is 6. The third-order valence-corrected chi connectivity index (χ3v) is 16.3. The largest absolute Gasteiger partial charge is 0.252 e. The lowest BCUT2D eigenvalue weighted by atomic mass is 9.84. The van der Waals surface area contributed by atoms with Crippen molar-refractivity contribution in [3.05, 3.63) is 241 Å². The van der Waals surface area contributed by atoms with E-state index in [0.29, 0.717) is 0 Å². The molecule has 14 aromatic rings. The zero-order chi connectivity index (χ0) is 51.3. The Morgan fingerprint density at radius 1 is 0.256 bits per heavy atom. The van der Waals surface area contributed by atoms with Gasteiger partial charge in [-0.2, -0.15) is 0 Å². The maximum absolute atomic E-state index is 5.44. The molecule has 0 bridgehead atoms. The van der Waals surface area contributed by atoms with E-state index in [0.717, 1.165) is 147 Å². The van der Waals surface area contributed by atoms with Crippen LogP contribution in [-0.2, 0) is 12.8 Å². The fourth-order valence-corrected chi connectivity index (χ4v) is 12.5. The molecule has 0 radical (unpaired) electrons. The Hall–Kier alpha value is -10.0. The summed E-state index contributed by atoms with van der Waals surface area (Å²) < 4.78 is 0. The van der Waals surface area contributed by atoms with Gasteiger partial charge in [0.2, 0.25) is 0 Å². The Bertz CT molecular complexity index is 4640. The van der Waals surface area contributed by atoms with Gasteiger partial charge in [-0.3, -0.25) is 15.0 Å². The van der Waals surface area contributed by atoms with Crippen molar-refractivity contribution >= 4 is 88.3 Å². The van der Waals surface area contributed by atoms with E-state index in [1.807, 2.05) is 18.6 Å². The van der Waals surface area contributed by atoms with E-state index in [1.54, 1.807) is 0 Å². The number of allylic oxidation sites excluding steroid dienone is 2. The van der Waals surface area contributed by atoms with Crippen LogP contribution in [0.5, 0.6) is 0 Å². The quantitative estimate of drug-likeness (QED) is 0.155. The van der Waals surface area contributed by atoms with Gasteiger partial charge in [-0.15, -0.1) is 0 Å². The molecule has 6 heteroatoms. The number of nitrogens with zero attached hydrogens (tertiary/aromatic N) is 6. The van der Waals surface area contributed by atoms with Crippen molar-refractivity contribution in [2.75, 3.05) is 0 Å². The number of hydrogen-bond acceptors (Lipinski definition) is 6. The summed E-state index contributed by atoms with van der Waals surface area (Å²) in [4.78, 5) is 31.6. The van der Waals surface area contributed by atoms with Crippen molar-refractivity contribution in [2.45, 2.75) is 25.7 Å². The Labute approximate surface area is 449 Å². The van der Waals surface area contributed by atoms with Gasteiger partial charge >= 0.3 is 0 Å². The van der Waals surface area contributed by atoms with Crippen molar-refractivity contribution in [1.29, 1.82) is 0 Å². The molecular formula is C72H46N6. The normalized spacial score (nSPS) is 13.1. The Morgan fingerprint density at radius 3 is 0.962 bits per heavy atom. The first kappa shape index (κ1) is 44.3. The highest BCUT2D eigenvalue weighted by atomic mass is 14.8. The van der Waals surface area contributed by atoms with Crippen molar-refractivity contribution in [3.63, 3.8) is 0 Å². The predicted octanol–water partition coefficient (Wildman–Crippen LogP) is 18.0. The molecule has 11 aromatic carbocycles. The highest BCUT2D eigenvalue weighted by molar-refractivity contribution is 6.24. The summed E-state index contributed by atoms with van der Waals surface area (Å²) in [6, 6.07) is 67.2. The summed E-state index contributed by atoms with van der Waals surface area (Å²) in [5.74, 6) is 0. The lowest BCUT2D eigenvalue weighted by Gasteiger charge is -2.22. The van der Waals surface area contributed by atoms with Crippen molar-refractivity contribution in [2.24, 2.45) is 0 Å². The van der Waals surface area contributed by atoms with Crippen LogP contribution in [0.1, 0.15) is 35.1 Å². The van der Waals surface area contributed by atoms with Gasteiger partial charge in [-0.25, -0.2) is 15.0 Å². The van der Waals surface area contributed by atoms with E-state index < -0.39 is 0 Å². The van der Waals surface area contributed by atoms with E-state index in [9.17, 15) is 0 Å². The van der Waals surface area contributed by atoms with E-state index in [2.05, 4.69) is 212 Å². The van der Waals surface area contributed by atoms with Crippen LogP contribution in [-0.4, -0.2) is 29.9 Å². The smallest absolute Gasteiger partial charge is 0.0979 e. The molecule has 0 saturated carbocycles. The molecule has 0 unspecified atom stereocenters.